The second-order valence-corrected chi connectivity index (χ2v) is 5.74. The number of nitrogens with zero attached hydrogens (tertiary/aromatic N) is 1. The summed E-state index contributed by atoms with van der Waals surface area (Å²) in [6.45, 7) is 8.33. The van der Waals surface area contributed by atoms with Gasteiger partial charge in [-0.3, -0.25) is 9.59 Å². The summed E-state index contributed by atoms with van der Waals surface area (Å²) >= 11 is 0. The van der Waals surface area contributed by atoms with Gasteiger partial charge in [-0.2, -0.15) is 0 Å². The Bertz CT molecular complexity index is 539. The minimum absolute atomic E-state index is 0.00995. The van der Waals surface area contributed by atoms with Gasteiger partial charge in [0.2, 0.25) is 11.8 Å². The minimum atomic E-state index is -0.447. The van der Waals surface area contributed by atoms with Crippen LogP contribution in [0.1, 0.15) is 37.0 Å². The van der Waals surface area contributed by atoms with Gasteiger partial charge in [-0.05, 0) is 38.8 Å². The van der Waals surface area contributed by atoms with Crippen LogP contribution in [0.4, 0.5) is 0 Å². The topological polar surface area (TPSA) is 49.4 Å². The molecular weight excluding hydrogens is 252 g/mol. The Morgan fingerprint density at radius 2 is 1.95 bits per heavy atom. The molecule has 20 heavy (non-hydrogen) atoms. The molecule has 0 spiro atoms. The number of benzene rings is 1. The summed E-state index contributed by atoms with van der Waals surface area (Å²) in [4.78, 5) is 25.9. The Morgan fingerprint density at radius 3 is 2.65 bits per heavy atom. The highest BCUT2D eigenvalue weighted by Gasteiger charge is 2.31. The first-order valence-corrected chi connectivity index (χ1v) is 7.04. The monoisotopic (exact) mass is 274 g/mol. The molecule has 0 radical (unpaired) electrons. The maximum Gasteiger partial charge on any atom is 0.245 e. The van der Waals surface area contributed by atoms with Gasteiger partial charge in [-0.15, -0.1) is 0 Å². The quantitative estimate of drug-likeness (QED) is 0.896. The lowest BCUT2D eigenvalue weighted by molar-refractivity contribution is -0.135. The van der Waals surface area contributed by atoms with Gasteiger partial charge in [0.1, 0.15) is 6.04 Å². The summed E-state index contributed by atoms with van der Waals surface area (Å²) in [6.07, 6.45) is 0.362. The molecule has 1 fully saturated rings. The molecule has 0 aromatic heterocycles. The van der Waals surface area contributed by atoms with E-state index in [1.807, 2.05) is 18.7 Å². The first kappa shape index (κ1) is 14.6. The fourth-order valence-corrected chi connectivity index (χ4v) is 2.59. The van der Waals surface area contributed by atoms with Gasteiger partial charge in [-0.25, -0.2) is 0 Å². The maximum atomic E-state index is 12.4. The molecule has 1 aliphatic rings. The van der Waals surface area contributed by atoms with E-state index in [0.717, 1.165) is 5.56 Å². The number of hydrogen-bond donors (Lipinski definition) is 1. The number of hydrogen-bond acceptors (Lipinski definition) is 2. The van der Waals surface area contributed by atoms with Crippen LogP contribution >= 0.6 is 0 Å². The van der Waals surface area contributed by atoms with Crippen LogP contribution in [-0.4, -0.2) is 28.8 Å². The Kier molecular flexibility index (Phi) is 4.12. The molecule has 0 aliphatic carbocycles. The first-order chi connectivity index (χ1) is 9.38. The third-order valence-corrected chi connectivity index (χ3v) is 3.89. The largest absolute Gasteiger partial charge is 0.345 e. The van der Waals surface area contributed by atoms with Crippen molar-refractivity contribution in [2.45, 2.75) is 52.7 Å². The standard InChI is InChI=1S/C16H22N2O2/c1-10-5-6-11(2)14(7-10)9-18-12(3)8-15(19)17-13(4)16(18)20/h5-7,12-13H,8-9H2,1-4H3,(H,17,19). The third kappa shape index (κ3) is 3.00. The Labute approximate surface area is 120 Å². The fourth-order valence-electron chi connectivity index (χ4n) is 2.59. The Morgan fingerprint density at radius 1 is 1.25 bits per heavy atom. The van der Waals surface area contributed by atoms with Gasteiger partial charge < -0.3 is 10.2 Å². The molecule has 1 aliphatic heterocycles. The highest BCUT2D eigenvalue weighted by molar-refractivity contribution is 5.90. The molecule has 4 nitrogen and oxygen atoms in total. The molecule has 0 saturated carbocycles. The third-order valence-electron chi connectivity index (χ3n) is 3.89. The molecule has 0 bridgehead atoms. The zero-order chi connectivity index (χ0) is 14.9. The van der Waals surface area contributed by atoms with Crippen molar-refractivity contribution in [1.82, 2.24) is 10.2 Å². The van der Waals surface area contributed by atoms with E-state index in [2.05, 4.69) is 30.4 Å². The van der Waals surface area contributed by atoms with Crippen molar-refractivity contribution in [3.63, 3.8) is 0 Å². The highest BCUT2D eigenvalue weighted by atomic mass is 16.2. The molecule has 2 unspecified atom stereocenters. The van der Waals surface area contributed by atoms with Crippen molar-refractivity contribution in [1.29, 1.82) is 0 Å². The van der Waals surface area contributed by atoms with Crippen LogP contribution in [0.15, 0.2) is 18.2 Å². The van der Waals surface area contributed by atoms with E-state index in [1.54, 1.807) is 6.92 Å². The number of carbonyl (C=O) groups is 2. The Balaban J connectivity index is 2.27. The van der Waals surface area contributed by atoms with E-state index < -0.39 is 6.04 Å². The fraction of sp³-hybridized carbons (Fsp3) is 0.500. The lowest BCUT2D eigenvalue weighted by atomic mass is 10.0. The molecule has 1 heterocycles. The minimum Gasteiger partial charge on any atom is -0.345 e. The van der Waals surface area contributed by atoms with Crippen molar-refractivity contribution in [3.05, 3.63) is 34.9 Å². The Hall–Kier alpha value is -1.84. The molecule has 108 valence electrons. The van der Waals surface area contributed by atoms with Gasteiger partial charge in [-0.1, -0.05) is 23.8 Å². The molecule has 2 rings (SSSR count). The van der Waals surface area contributed by atoms with Gasteiger partial charge in [0.05, 0.1) is 0 Å². The van der Waals surface area contributed by atoms with Crippen molar-refractivity contribution in [3.8, 4) is 0 Å². The van der Waals surface area contributed by atoms with Crippen molar-refractivity contribution in [2.75, 3.05) is 0 Å². The van der Waals surface area contributed by atoms with Crippen molar-refractivity contribution in [2.24, 2.45) is 0 Å². The number of nitrogens with one attached hydrogen (secondary N) is 1. The highest BCUT2D eigenvalue weighted by Crippen LogP contribution is 2.18. The second kappa shape index (κ2) is 5.65. The van der Waals surface area contributed by atoms with Crippen LogP contribution in [0, 0.1) is 13.8 Å². The lowest BCUT2D eigenvalue weighted by Crippen LogP contribution is -2.44. The summed E-state index contributed by atoms with van der Waals surface area (Å²) in [7, 11) is 0. The summed E-state index contributed by atoms with van der Waals surface area (Å²) in [5, 5.41) is 2.73. The van der Waals surface area contributed by atoms with Crippen LogP contribution in [0.25, 0.3) is 0 Å². The number of amides is 2. The molecule has 4 heteroatoms. The van der Waals surface area contributed by atoms with E-state index in [-0.39, 0.29) is 17.9 Å². The van der Waals surface area contributed by atoms with E-state index in [0.29, 0.717) is 13.0 Å². The summed E-state index contributed by atoms with van der Waals surface area (Å²) in [5.41, 5.74) is 3.50. The first-order valence-electron chi connectivity index (χ1n) is 7.04. The summed E-state index contributed by atoms with van der Waals surface area (Å²) in [5.74, 6) is -0.0638. The predicted molar refractivity (Wildman–Crippen MR) is 78.1 cm³/mol. The summed E-state index contributed by atoms with van der Waals surface area (Å²) in [6, 6.07) is 5.73. The second-order valence-electron chi connectivity index (χ2n) is 5.74. The molecule has 2 amide bonds. The maximum absolute atomic E-state index is 12.4. The van der Waals surface area contributed by atoms with E-state index in [9.17, 15) is 9.59 Å². The molecule has 1 N–H and O–H groups in total. The van der Waals surface area contributed by atoms with Crippen molar-refractivity contribution >= 4 is 11.8 Å². The SMILES string of the molecule is Cc1ccc(C)c(CN2C(=O)C(C)NC(=O)CC2C)c1. The van der Waals surface area contributed by atoms with Crippen LogP contribution < -0.4 is 5.32 Å². The smallest absolute Gasteiger partial charge is 0.245 e. The van der Waals surface area contributed by atoms with E-state index in [1.165, 1.54) is 11.1 Å². The molecule has 1 saturated heterocycles. The van der Waals surface area contributed by atoms with Gasteiger partial charge in [0.15, 0.2) is 0 Å². The van der Waals surface area contributed by atoms with Gasteiger partial charge in [0.25, 0.3) is 0 Å². The zero-order valence-corrected chi connectivity index (χ0v) is 12.6. The van der Waals surface area contributed by atoms with Gasteiger partial charge in [0, 0.05) is 19.0 Å². The number of rotatable bonds is 2. The van der Waals surface area contributed by atoms with Crippen LogP contribution in [0.5, 0.6) is 0 Å². The lowest BCUT2D eigenvalue weighted by Gasteiger charge is -2.28. The number of carbonyl (C=O) groups excluding carboxylic acids is 2. The van der Waals surface area contributed by atoms with Crippen LogP contribution in [0.3, 0.4) is 0 Å². The molecule has 2 atom stereocenters. The molecular formula is C16H22N2O2. The summed E-state index contributed by atoms with van der Waals surface area (Å²) < 4.78 is 0. The average molecular weight is 274 g/mol. The molecule has 1 aromatic rings. The predicted octanol–water partition coefficient (Wildman–Crippen LogP) is 1.93. The van der Waals surface area contributed by atoms with E-state index in [4.69, 9.17) is 0 Å². The normalized spacial score (nSPS) is 23.5. The average Bonchev–Trinajstić information content (AvgIpc) is 2.45. The molecule has 1 aromatic carbocycles. The number of aryl methyl sites for hydroxylation is 2. The van der Waals surface area contributed by atoms with Gasteiger partial charge >= 0.3 is 0 Å². The van der Waals surface area contributed by atoms with Crippen LogP contribution in [0.2, 0.25) is 0 Å². The zero-order valence-electron chi connectivity index (χ0n) is 12.6. The van der Waals surface area contributed by atoms with Crippen molar-refractivity contribution < 1.29 is 9.59 Å². The van der Waals surface area contributed by atoms with E-state index >= 15 is 0 Å². The van der Waals surface area contributed by atoms with Crippen LogP contribution in [-0.2, 0) is 16.1 Å².